The molecule has 3 N–H and O–H groups in total. The van der Waals surface area contributed by atoms with Gasteiger partial charge in [-0.15, -0.1) is 11.3 Å². The van der Waals surface area contributed by atoms with Gasteiger partial charge in [-0.05, 0) is 55.0 Å². The topological polar surface area (TPSA) is 114 Å². The van der Waals surface area contributed by atoms with Gasteiger partial charge in [-0.1, -0.05) is 6.07 Å². The van der Waals surface area contributed by atoms with Crippen LogP contribution in [-0.2, 0) is 17.6 Å². The summed E-state index contributed by atoms with van der Waals surface area (Å²) in [6, 6.07) is 6.98. The Kier molecular flexibility index (Phi) is 6.20. The lowest BCUT2D eigenvalue weighted by Gasteiger charge is -2.11. The summed E-state index contributed by atoms with van der Waals surface area (Å²) >= 11 is 1.36. The van der Waals surface area contributed by atoms with Gasteiger partial charge < -0.3 is 20.5 Å². The molecule has 1 heterocycles. The van der Waals surface area contributed by atoms with Gasteiger partial charge in [0.25, 0.3) is 11.8 Å². The van der Waals surface area contributed by atoms with E-state index in [0.717, 1.165) is 36.1 Å². The average Bonchev–Trinajstić information content (AvgIpc) is 3.09. The van der Waals surface area contributed by atoms with Crippen LogP contribution in [0, 0.1) is 11.3 Å². The van der Waals surface area contributed by atoms with Crippen molar-refractivity contribution < 1.29 is 19.1 Å². The average molecular weight is 411 g/mol. The molecule has 0 saturated heterocycles. The highest BCUT2D eigenvalue weighted by Gasteiger charge is 2.25. The summed E-state index contributed by atoms with van der Waals surface area (Å²) in [5.41, 5.74) is 7.35. The minimum atomic E-state index is -0.594. The maximum Gasteiger partial charge on any atom is 0.266 e. The van der Waals surface area contributed by atoms with Crippen LogP contribution >= 0.6 is 11.3 Å². The summed E-state index contributed by atoms with van der Waals surface area (Å²) in [4.78, 5) is 25.8. The van der Waals surface area contributed by atoms with Gasteiger partial charge in [0.15, 0.2) is 11.5 Å². The molecular weight excluding hydrogens is 390 g/mol. The van der Waals surface area contributed by atoms with Gasteiger partial charge in [0.2, 0.25) is 0 Å². The molecule has 0 saturated carbocycles. The maximum atomic E-state index is 12.7. The lowest BCUT2D eigenvalue weighted by molar-refractivity contribution is -0.112. The summed E-state index contributed by atoms with van der Waals surface area (Å²) in [5, 5.41) is 12.6. The maximum absolute atomic E-state index is 12.7. The molecule has 8 heteroatoms. The third kappa shape index (κ3) is 4.25. The lowest BCUT2D eigenvalue weighted by atomic mass is 9.95. The molecule has 1 aliphatic carbocycles. The van der Waals surface area contributed by atoms with E-state index in [4.69, 9.17) is 15.2 Å². The number of aryl methyl sites for hydroxylation is 1. The number of amides is 2. The second kappa shape index (κ2) is 8.80. The van der Waals surface area contributed by atoms with E-state index >= 15 is 0 Å². The van der Waals surface area contributed by atoms with E-state index < -0.39 is 11.8 Å². The number of nitrogens with zero attached hydrogens (tertiary/aromatic N) is 1. The molecule has 0 radical (unpaired) electrons. The number of hydrogen-bond donors (Lipinski definition) is 2. The molecule has 0 unspecified atom stereocenters. The van der Waals surface area contributed by atoms with Crippen molar-refractivity contribution >= 4 is 34.2 Å². The van der Waals surface area contributed by atoms with Crippen molar-refractivity contribution in [3.8, 4) is 17.6 Å². The molecule has 0 atom stereocenters. The highest BCUT2D eigenvalue weighted by molar-refractivity contribution is 7.17. The SMILES string of the molecule is COc1ccc(C=C(C#N)C(=O)Nc2sc3c(c2C(N)=O)CCCC3)cc1OC. The zero-order chi connectivity index (χ0) is 21.0. The molecule has 2 aromatic rings. The molecule has 1 aromatic carbocycles. The van der Waals surface area contributed by atoms with E-state index in [1.165, 1.54) is 31.6 Å². The first-order chi connectivity index (χ1) is 14.0. The predicted octanol–water partition coefficient (Wildman–Crippen LogP) is 3.29. The van der Waals surface area contributed by atoms with Crippen LogP contribution in [-0.4, -0.2) is 26.0 Å². The number of primary amides is 1. The third-order valence-corrected chi connectivity index (χ3v) is 5.94. The first-order valence-corrected chi connectivity index (χ1v) is 9.89. The van der Waals surface area contributed by atoms with E-state index in [9.17, 15) is 14.9 Å². The molecule has 0 spiro atoms. The number of hydrogen-bond acceptors (Lipinski definition) is 6. The van der Waals surface area contributed by atoms with Crippen LogP contribution in [0.3, 0.4) is 0 Å². The quantitative estimate of drug-likeness (QED) is 0.559. The van der Waals surface area contributed by atoms with Gasteiger partial charge in [0.05, 0.1) is 19.8 Å². The molecular formula is C21H21N3O4S. The van der Waals surface area contributed by atoms with Crippen LogP contribution in [0.2, 0.25) is 0 Å². The number of carbonyl (C=O) groups excluding carboxylic acids is 2. The fourth-order valence-electron chi connectivity index (χ4n) is 3.34. The van der Waals surface area contributed by atoms with Crippen LogP contribution in [0.25, 0.3) is 6.08 Å². The zero-order valence-electron chi connectivity index (χ0n) is 16.2. The standard InChI is InChI=1S/C21H21N3O4S/c1-27-15-8-7-12(10-16(15)28-2)9-13(11-22)20(26)24-21-18(19(23)25)14-5-3-4-6-17(14)29-21/h7-10H,3-6H2,1-2H3,(H2,23,25)(H,24,26). The number of nitrogens with two attached hydrogens (primary N) is 1. The Morgan fingerprint density at radius 3 is 2.59 bits per heavy atom. The predicted molar refractivity (Wildman–Crippen MR) is 111 cm³/mol. The fraction of sp³-hybridized carbons (Fsp3) is 0.286. The van der Waals surface area contributed by atoms with Crippen molar-refractivity contribution in [1.82, 2.24) is 0 Å². The molecule has 0 bridgehead atoms. The van der Waals surface area contributed by atoms with E-state index in [0.29, 0.717) is 27.6 Å². The Morgan fingerprint density at radius 1 is 1.21 bits per heavy atom. The van der Waals surface area contributed by atoms with Crippen LogP contribution in [0.1, 0.15) is 39.2 Å². The molecule has 0 aliphatic heterocycles. The molecule has 3 rings (SSSR count). The van der Waals surface area contributed by atoms with Crippen LogP contribution in [0.15, 0.2) is 23.8 Å². The van der Waals surface area contributed by atoms with Crippen LogP contribution in [0.4, 0.5) is 5.00 Å². The van der Waals surface area contributed by atoms with Gasteiger partial charge in [-0.2, -0.15) is 5.26 Å². The number of fused-ring (bicyclic) bond motifs is 1. The van der Waals surface area contributed by atoms with E-state index in [1.807, 2.05) is 6.07 Å². The second-order valence-corrected chi connectivity index (χ2v) is 7.62. The number of benzene rings is 1. The molecule has 0 fully saturated rings. The number of methoxy groups -OCH3 is 2. The Morgan fingerprint density at radius 2 is 1.93 bits per heavy atom. The zero-order valence-corrected chi connectivity index (χ0v) is 17.0. The van der Waals surface area contributed by atoms with Crippen LogP contribution in [0.5, 0.6) is 11.5 Å². The molecule has 29 heavy (non-hydrogen) atoms. The summed E-state index contributed by atoms with van der Waals surface area (Å²) < 4.78 is 10.4. The number of carbonyl (C=O) groups is 2. The number of ether oxygens (including phenoxy) is 2. The first kappa shape index (κ1) is 20.4. The normalized spacial score (nSPS) is 13.2. The highest BCUT2D eigenvalue weighted by atomic mass is 32.1. The number of rotatable bonds is 6. The highest BCUT2D eigenvalue weighted by Crippen LogP contribution is 2.38. The van der Waals surface area contributed by atoms with Gasteiger partial charge in [0.1, 0.15) is 16.6 Å². The number of anilines is 1. The lowest BCUT2D eigenvalue weighted by Crippen LogP contribution is -2.19. The minimum Gasteiger partial charge on any atom is -0.493 e. The minimum absolute atomic E-state index is 0.0981. The van der Waals surface area contributed by atoms with Crippen molar-refractivity contribution in [1.29, 1.82) is 5.26 Å². The van der Waals surface area contributed by atoms with Gasteiger partial charge in [-0.3, -0.25) is 9.59 Å². The molecule has 1 aliphatic rings. The van der Waals surface area contributed by atoms with E-state index in [2.05, 4.69) is 5.32 Å². The summed E-state index contributed by atoms with van der Waals surface area (Å²) in [5.74, 6) is -0.130. The molecule has 2 amide bonds. The van der Waals surface area contributed by atoms with E-state index in [-0.39, 0.29) is 5.57 Å². The molecule has 1 aromatic heterocycles. The smallest absolute Gasteiger partial charge is 0.266 e. The number of thiophene rings is 1. The van der Waals surface area contributed by atoms with Crippen molar-refractivity contribution in [2.24, 2.45) is 5.73 Å². The van der Waals surface area contributed by atoms with Gasteiger partial charge in [0, 0.05) is 4.88 Å². The van der Waals surface area contributed by atoms with Crippen molar-refractivity contribution in [3.05, 3.63) is 45.3 Å². The summed E-state index contributed by atoms with van der Waals surface area (Å²) in [6.45, 7) is 0. The van der Waals surface area contributed by atoms with Crippen LogP contribution < -0.4 is 20.5 Å². The molecule has 150 valence electrons. The number of nitriles is 1. The number of nitrogens with one attached hydrogen (secondary N) is 1. The Labute approximate surface area is 172 Å². The Bertz CT molecular complexity index is 1030. The van der Waals surface area contributed by atoms with E-state index in [1.54, 1.807) is 18.2 Å². The second-order valence-electron chi connectivity index (χ2n) is 6.52. The Hall–Kier alpha value is -3.31. The largest absolute Gasteiger partial charge is 0.493 e. The summed E-state index contributed by atoms with van der Waals surface area (Å²) in [6.07, 6.45) is 5.12. The monoisotopic (exact) mass is 411 g/mol. The molecule has 7 nitrogen and oxygen atoms in total. The summed E-state index contributed by atoms with van der Waals surface area (Å²) in [7, 11) is 3.03. The van der Waals surface area contributed by atoms with Crippen molar-refractivity contribution in [2.45, 2.75) is 25.7 Å². The van der Waals surface area contributed by atoms with Crippen molar-refractivity contribution in [2.75, 3.05) is 19.5 Å². The Balaban J connectivity index is 1.90. The van der Waals surface area contributed by atoms with Gasteiger partial charge >= 0.3 is 0 Å². The van der Waals surface area contributed by atoms with Crippen molar-refractivity contribution in [3.63, 3.8) is 0 Å². The fourth-order valence-corrected chi connectivity index (χ4v) is 4.63. The first-order valence-electron chi connectivity index (χ1n) is 9.08. The van der Waals surface area contributed by atoms with Gasteiger partial charge in [-0.25, -0.2) is 0 Å². The third-order valence-electron chi connectivity index (χ3n) is 4.73.